The van der Waals surface area contributed by atoms with E-state index >= 15 is 0 Å². The molecule has 0 amide bonds. The van der Waals surface area contributed by atoms with E-state index in [1.165, 1.54) is 31.2 Å². The van der Waals surface area contributed by atoms with Crippen molar-refractivity contribution in [3.63, 3.8) is 0 Å². The van der Waals surface area contributed by atoms with Crippen LogP contribution in [0.4, 0.5) is 0 Å². The molecule has 1 aliphatic carbocycles. The van der Waals surface area contributed by atoms with E-state index in [4.69, 9.17) is 4.74 Å². The van der Waals surface area contributed by atoms with Crippen LogP contribution in [0, 0.1) is 5.92 Å². The first-order valence-corrected chi connectivity index (χ1v) is 7.09. The van der Waals surface area contributed by atoms with Gasteiger partial charge in [0, 0.05) is 12.1 Å². The molecule has 0 aromatic heterocycles. The van der Waals surface area contributed by atoms with Crippen LogP contribution in [0.2, 0.25) is 0 Å². The van der Waals surface area contributed by atoms with Crippen LogP contribution >= 0.6 is 0 Å². The van der Waals surface area contributed by atoms with E-state index in [2.05, 4.69) is 37.4 Å². The summed E-state index contributed by atoms with van der Waals surface area (Å²) in [5.41, 5.74) is 1.31. The van der Waals surface area contributed by atoms with Gasteiger partial charge < -0.3 is 10.1 Å². The van der Waals surface area contributed by atoms with Crippen LogP contribution in [0.1, 0.15) is 51.1 Å². The fourth-order valence-corrected chi connectivity index (χ4v) is 2.95. The Morgan fingerprint density at radius 2 is 2.17 bits per heavy atom. The minimum absolute atomic E-state index is 0.399. The van der Waals surface area contributed by atoms with Crippen molar-refractivity contribution in [2.24, 2.45) is 5.92 Å². The summed E-state index contributed by atoms with van der Waals surface area (Å²) >= 11 is 0. The van der Waals surface area contributed by atoms with Crippen LogP contribution < -0.4 is 10.1 Å². The number of ether oxygens (including phenoxy) is 1. The highest BCUT2D eigenvalue weighted by atomic mass is 16.5. The molecule has 2 rings (SSSR count). The third-order valence-corrected chi connectivity index (χ3v) is 4.02. The molecule has 1 aliphatic rings. The van der Waals surface area contributed by atoms with E-state index in [0.717, 1.165) is 11.7 Å². The summed E-state index contributed by atoms with van der Waals surface area (Å²) in [6.45, 7) is 4.61. The predicted molar refractivity (Wildman–Crippen MR) is 76.0 cm³/mol. The molecule has 3 atom stereocenters. The molecular weight excluding hydrogens is 222 g/mol. The molecule has 0 spiro atoms. The fraction of sp³-hybridized carbons (Fsp3) is 0.625. The third-order valence-electron chi connectivity index (χ3n) is 4.02. The van der Waals surface area contributed by atoms with Gasteiger partial charge >= 0.3 is 0 Å². The smallest absolute Gasteiger partial charge is 0.119 e. The molecule has 2 heteroatoms. The maximum atomic E-state index is 5.28. The molecule has 1 saturated carbocycles. The number of rotatable bonds is 4. The second-order valence-corrected chi connectivity index (χ2v) is 5.63. The molecule has 1 fully saturated rings. The van der Waals surface area contributed by atoms with Crippen molar-refractivity contribution in [1.82, 2.24) is 5.32 Å². The van der Waals surface area contributed by atoms with Gasteiger partial charge in [-0.05, 0) is 43.4 Å². The molecular formula is C16H25NO. The van der Waals surface area contributed by atoms with Crippen LogP contribution in [0.25, 0.3) is 0 Å². The molecule has 1 aromatic carbocycles. The maximum absolute atomic E-state index is 5.28. The van der Waals surface area contributed by atoms with Crippen molar-refractivity contribution in [3.8, 4) is 5.75 Å². The van der Waals surface area contributed by atoms with Crippen molar-refractivity contribution >= 4 is 0 Å². The Bertz CT molecular complexity index is 377. The number of benzene rings is 1. The van der Waals surface area contributed by atoms with Gasteiger partial charge in [-0.2, -0.15) is 0 Å². The number of hydrogen-bond acceptors (Lipinski definition) is 2. The predicted octanol–water partition coefficient (Wildman–Crippen LogP) is 3.92. The molecule has 18 heavy (non-hydrogen) atoms. The van der Waals surface area contributed by atoms with E-state index < -0.39 is 0 Å². The van der Waals surface area contributed by atoms with Gasteiger partial charge in [-0.25, -0.2) is 0 Å². The Balaban J connectivity index is 1.95. The van der Waals surface area contributed by atoms with Gasteiger partial charge in [0.05, 0.1) is 7.11 Å². The first-order chi connectivity index (χ1) is 8.69. The highest BCUT2D eigenvalue weighted by Gasteiger charge is 2.20. The minimum Gasteiger partial charge on any atom is -0.497 e. The van der Waals surface area contributed by atoms with Gasteiger partial charge in [0.25, 0.3) is 0 Å². The molecule has 2 unspecified atom stereocenters. The third kappa shape index (κ3) is 3.49. The molecule has 1 N–H and O–H groups in total. The average Bonchev–Trinajstić information content (AvgIpc) is 2.39. The van der Waals surface area contributed by atoms with Gasteiger partial charge in [0.2, 0.25) is 0 Å². The Labute approximate surface area is 111 Å². The van der Waals surface area contributed by atoms with Gasteiger partial charge in [-0.1, -0.05) is 31.9 Å². The fourth-order valence-electron chi connectivity index (χ4n) is 2.95. The van der Waals surface area contributed by atoms with Gasteiger partial charge in [0.1, 0.15) is 5.75 Å². The van der Waals surface area contributed by atoms with Crippen molar-refractivity contribution in [2.75, 3.05) is 7.11 Å². The monoisotopic (exact) mass is 247 g/mol. The topological polar surface area (TPSA) is 21.3 Å². The number of hydrogen-bond donors (Lipinski definition) is 1. The second kappa shape index (κ2) is 6.24. The summed E-state index contributed by atoms with van der Waals surface area (Å²) in [5, 5.41) is 3.76. The van der Waals surface area contributed by atoms with Crippen LogP contribution in [0.5, 0.6) is 5.75 Å². The lowest BCUT2D eigenvalue weighted by molar-refractivity contribution is 0.285. The first kappa shape index (κ1) is 13.4. The van der Waals surface area contributed by atoms with Crippen LogP contribution in [-0.4, -0.2) is 13.2 Å². The molecule has 100 valence electrons. The molecule has 2 nitrogen and oxygen atoms in total. The lowest BCUT2D eigenvalue weighted by Crippen LogP contribution is -2.35. The minimum atomic E-state index is 0.399. The van der Waals surface area contributed by atoms with E-state index in [1.807, 2.05) is 6.07 Å². The summed E-state index contributed by atoms with van der Waals surface area (Å²) < 4.78 is 5.28. The van der Waals surface area contributed by atoms with E-state index in [9.17, 15) is 0 Å². The van der Waals surface area contributed by atoms with Crippen LogP contribution in [0.15, 0.2) is 24.3 Å². The van der Waals surface area contributed by atoms with E-state index in [1.54, 1.807) is 7.11 Å². The van der Waals surface area contributed by atoms with Crippen molar-refractivity contribution in [1.29, 1.82) is 0 Å². The second-order valence-electron chi connectivity index (χ2n) is 5.63. The molecule has 1 aromatic rings. The maximum Gasteiger partial charge on any atom is 0.119 e. The Hall–Kier alpha value is -1.02. The van der Waals surface area contributed by atoms with Crippen LogP contribution in [-0.2, 0) is 0 Å². The molecule has 0 radical (unpaired) electrons. The zero-order chi connectivity index (χ0) is 13.0. The van der Waals surface area contributed by atoms with Crippen molar-refractivity contribution < 1.29 is 4.74 Å². The molecule has 0 bridgehead atoms. The molecule has 0 heterocycles. The summed E-state index contributed by atoms with van der Waals surface area (Å²) in [6.07, 6.45) is 5.39. The zero-order valence-corrected chi connectivity index (χ0v) is 11.8. The Morgan fingerprint density at radius 1 is 1.33 bits per heavy atom. The zero-order valence-electron chi connectivity index (χ0n) is 11.8. The Kier molecular flexibility index (Phi) is 4.65. The highest BCUT2D eigenvalue weighted by Crippen LogP contribution is 2.26. The normalized spacial score (nSPS) is 25.7. The van der Waals surface area contributed by atoms with E-state index in [0.29, 0.717) is 12.1 Å². The van der Waals surface area contributed by atoms with Crippen molar-refractivity contribution in [2.45, 2.75) is 51.6 Å². The van der Waals surface area contributed by atoms with Gasteiger partial charge in [-0.3, -0.25) is 0 Å². The molecule has 0 saturated heterocycles. The van der Waals surface area contributed by atoms with Crippen molar-refractivity contribution in [3.05, 3.63) is 29.8 Å². The Morgan fingerprint density at radius 3 is 2.89 bits per heavy atom. The summed E-state index contributed by atoms with van der Waals surface area (Å²) in [7, 11) is 1.72. The van der Waals surface area contributed by atoms with Gasteiger partial charge in [0.15, 0.2) is 0 Å². The number of nitrogens with one attached hydrogen (secondary N) is 1. The van der Waals surface area contributed by atoms with Gasteiger partial charge in [-0.15, -0.1) is 0 Å². The largest absolute Gasteiger partial charge is 0.497 e. The highest BCUT2D eigenvalue weighted by molar-refractivity contribution is 5.30. The summed E-state index contributed by atoms with van der Waals surface area (Å²) in [4.78, 5) is 0. The summed E-state index contributed by atoms with van der Waals surface area (Å²) in [6, 6.07) is 9.44. The molecule has 0 aliphatic heterocycles. The first-order valence-electron chi connectivity index (χ1n) is 7.09. The summed E-state index contributed by atoms with van der Waals surface area (Å²) in [5.74, 6) is 1.81. The van der Waals surface area contributed by atoms with E-state index in [-0.39, 0.29) is 0 Å². The van der Waals surface area contributed by atoms with Crippen LogP contribution in [0.3, 0.4) is 0 Å². The number of methoxy groups -OCH3 is 1. The SMILES string of the molecule is COc1cccc([C@@H](C)NC2CCCC(C)C2)c1. The average molecular weight is 247 g/mol. The quantitative estimate of drug-likeness (QED) is 0.870. The lowest BCUT2D eigenvalue weighted by atomic mass is 9.86. The standard InChI is InChI=1S/C16H25NO/c1-12-6-4-8-15(10-12)17-13(2)14-7-5-9-16(11-14)18-3/h5,7,9,11-13,15,17H,4,6,8,10H2,1-3H3/t12?,13-,15?/m1/s1. The lowest BCUT2D eigenvalue weighted by Gasteiger charge is -2.30.